The number of rotatable bonds is 5. The maximum absolute atomic E-state index is 14.1. The standard InChI is InChI=1S/C31H30Cl2N2O7/c1-5-15-6-8-17(9-7-15)35-26(37)19-11-10-18-20(23(19)27(35)38)14-30(32)28(39)34(2)29(40)31(30,33)24(18)16-12-21(41-3)25(36)22(13-16)42-4/h6-10,12-13,19-20,23-24,36H,5,11,14H2,1-4H3/t19-,20+,23-,24-,30+,31-/m0/s1. The van der Waals surface area contributed by atoms with Crippen molar-refractivity contribution in [3.8, 4) is 17.2 Å². The number of allylic oxidation sites excluding steroid dienone is 2. The Balaban J connectivity index is 1.52. The number of hydrogen-bond acceptors (Lipinski definition) is 7. The van der Waals surface area contributed by atoms with E-state index in [9.17, 15) is 24.3 Å². The summed E-state index contributed by atoms with van der Waals surface area (Å²) in [5, 5.41) is 10.6. The van der Waals surface area contributed by atoms with E-state index in [1.807, 2.05) is 25.1 Å². The van der Waals surface area contributed by atoms with Crippen molar-refractivity contribution >= 4 is 52.5 Å². The molecule has 6 rings (SSSR count). The van der Waals surface area contributed by atoms with E-state index in [4.69, 9.17) is 32.7 Å². The third-order valence-corrected chi connectivity index (χ3v) is 10.9. The summed E-state index contributed by atoms with van der Waals surface area (Å²) in [5.74, 6) is -5.27. The van der Waals surface area contributed by atoms with Crippen LogP contribution in [0.25, 0.3) is 0 Å². The highest BCUT2D eigenvalue weighted by atomic mass is 35.5. The van der Waals surface area contributed by atoms with Gasteiger partial charge in [0.15, 0.2) is 21.2 Å². The number of imide groups is 2. The minimum absolute atomic E-state index is 0.0696. The number of phenols is 1. The summed E-state index contributed by atoms with van der Waals surface area (Å²) in [6, 6.07) is 10.4. The number of carbonyl (C=O) groups is 4. The van der Waals surface area contributed by atoms with Crippen LogP contribution in [0, 0.1) is 17.8 Å². The molecule has 0 spiro atoms. The van der Waals surface area contributed by atoms with Crippen molar-refractivity contribution in [2.24, 2.45) is 17.8 Å². The van der Waals surface area contributed by atoms with Crippen molar-refractivity contribution in [3.63, 3.8) is 0 Å². The van der Waals surface area contributed by atoms with Crippen LogP contribution in [0.3, 0.4) is 0 Å². The van der Waals surface area contributed by atoms with Crippen molar-refractivity contribution in [1.29, 1.82) is 0 Å². The largest absolute Gasteiger partial charge is 0.502 e. The normalized spacial score (nSPS) is 32.0. The van der Waals surface area contributed by atoms with Crippen LogP contribution in [0.5, 0.6) is 17.2 Å². The number of anilines is 1. The van der Waals surface area contributed by atoms with Gasteiger partial charge in [-0.2, -0.15) is 0 Å². The quantitative estimate of drug-likeness (QED) is 0.306. The van der Waals surface area contributed by atoms with Gasteiger partial charge in [-0.3, -0.25) is 29.0 Å². The first-order chi connectivity index (χ1) is 19.9. The lowest BCUT2D eigenvalue weighted by Crippen LogP contribution is -2.60. The van der Waals surface area contributed by atoms with Gasteiger partial charge in [0.2, 0.25) is 17.6 Å². The monoisotopic (exact) mass is 612 g/mol. The van der Waals surface area contributed by atoms with Gasteiger partial charge in [0.05, 0.1) is 31.7 Å². The van der Waals surface area contributed by atoms with Gasteiger partial charge in [0.1, 0.15) is 0 Å². The van der Waals surface area contributed by atoms with E-state index in [0.29, 0.717) is 16.8 Å². The van der Waals surface area contributed by atoms with E-state index in [1.54, 1.807) is 12.1 Å². The van der Waals surface area contributed by atoms with Crippen molar-refractivity contribution < 1.29 is 33.8 Å². The fraction of sp³-hybridized carbons (Fsp3) is 0.419. The van der Waals surface area contributed by atoms with Crippen molar-refractivity contribution in [1.82, 2.24) is 4.90 Å². The average Bonchev–Trinajstić information content (AvgIpc) is 3.32. The second kappa shape index (κ2) is 9.74. The van der Waals surface area contributed by atoms with Crippen molar-refractivity contribution in [2.75, 3.05) is 26.2 Å². The zero-order valence-corrected chi connectivity index (χ0v) is 25.0. The lowest BCUT2D eigenvalue weighted by atomic mass is 9.56. The zero-order chi connectivity index (χ0) is 30.3. The van der Waals surface area contributed by atoms with Crippen LogP contribution in [0.2, 0.25) is 0 Å². The number of aromatic hydroxyl groups is 1. The number of likely N-dealkylation sites (tertiary alicyclic amines) is 1. The number of fused-ring (bicyclic) bond motifs is 4. The Labute approximate surface area is 253 Å². The summed E-state index contributed by atoms with van der Waals surface area (Å²) in [5.41, 5.74) is 2.61. The second-order valence-corrected chi connectivity index (χ2v) is 12.5. The number of methoxy groups -OCH3 is 2. The molecule has 1 N–H and O–H groups in total. The molecule has 6 atom stereocenters. The molecule has 220 valence electrons. The predicted octanol–water partition coefficient (Wildman–Crippen LogP) is 4.17. The number of ether oxygens (including phenoxy) is 2. The molecule has 2 saturated heterocycles. The Kier molecular flexibility index (Phi) is 6.62. The highest BCUT2D eigenvalue weighted by Gasteiger charge is 2.76. The van der Waals surface area contributed by atoms with E-state index < -0.39 is 45.2 Å². The number of phenolic OH excluding ortho intramolecular Hbond substituents is 1. The van der Waals surface area contributed by atoms with E-state index in [-0.39, 0.29) is 41.9 Å². The molecule has 0 aromatic heterocycles. The molecule has 0 radical (unpaired) electrons. The van der Waals surface area contributed by atoms with Crippen LogP contribution in [0.1, 0.15) is 36.8 Å². The Morgan fingerprint density at radius 2 is 1.57 bits per heavy atom. The minimum atomic E-state index is -1.95. The van der Waals surface area contributed by atoms with Gasteiger partial charge in [0.25, 0.3) is 11.8 Å². The van der Waals surface area contributed by atoms with Gasteiger partial charge in [-0.1, -0.05) is 30.7 Å². The molecule has 2 aliphatic carbocycles. The van der Waals surface area contributed by atoms with Gasteiger partial charge in [-0.05, 0) is 60.6 Å². The van der Waals surface area contributed by atoms with Crippen molar-refractivity contribution in [2.45, 2.75) is 41.9 Å². The van der Waals surface area contributed by atoms with Crippen LogP contribution in [0.15, 0.2) is 48.0 Å². The summed E-state index contributed by atoms with van der Waals surface area (Å²) in [7, 11) is 4.08. The molecule has 11 heteroatoms. The number of nitrogens with zero attached hydrogens (tertiary/aromatic N) is 2. The van der Waals surface area contributed by atoms with Gasteiger partial charge >= 0.3 is 0 Å². The summed E-state index contributed by atoms with van der Waals surface area (Å²) in [4.78, 5) is 53.5. The molecule has 2 aromatic rings. The fourth-order valence-corrected chi connectivity index (χ4v) is 8.35. The maximum atomic E-state index is 14.1. The van der Waals surface area contributed by atoms with Crippen LogP contribution in [-0.4, -0.2) is 64.7 Å². The Bertz CT molecular complexity index is 1550. The summed E-state index contributed by atoms with van der Waals surface area (Å²) >= 11 is 14.4. The SMILES string of the molecule is CCc1ccc(N2C(=O)[C@H]3[C@H](CC=C4[C@H]3C[C@@]3(Cl)C(=O)N(C)C(=O)[C@@]3(Cl)[C@H]4c3cc(OC)c(O)c(OC)c3)C2=O)cc1. The molecule has 3 fully saturated rings. The van der Waals surface area contributed by atoms with Gasteiger partial charge < -0.3 is 14.6 Å². The number of amides is 4. The van der Waals surface area contributed by atoms with E-state index in [2.05, 4.69) is 0 Å². The van der Waals surface area contributed by atoms with E-state index >= 15 is 0 Å². The number of aryl methyl sites for hydroxylation is 1. The average molecular weight is 613 g/mol. The first-order valence-corrected chi connectivity index (χ1v) is 14.5. The molecule has 2 aromatic carbocycles. The van der Waals surface area contributed by atoms with Crippen LogP contribution < -0.4 is 14.4 Å². The highest BCUT2D eigenvalue weighted by molar-refractivity contribution is 6.53. The molecule has 2 aliphatic heterocycles. The van der Waals surface area contributed by atoms with Gasteiger partial charge in [-0.15, -0.1) is 23.2 Å². The molecule has 1 saturated carbocycles. The summed E-state index contributed by atoms with van der Waals surface area (Å²) in [6.07, 6.45) is 2.81. The van der Waals surface area contributed by atoms with E-state index in [1.165, 1.54) is 38.3 Å². The summed E-state index contributed by atoms with van der Waals surface area (Å²) in [6.45, 7) is 2.02. The fourth-order valence-electron chi connectivity index (χ4n) is 7.33. The van der Waals surface area contributed by atoms with Crippen LogP contribution in [0.4, 0.5) is 5.69 Å². The molecule has 4 amide bonds. The smallest absolute Gasteiger partial charge is 0.253 e. The molecule has 2 heterocycles. The van der Waals surface area contributed by atoms with Gasteiger partial charge in [0, 0.05) is 13.0 Å². The lowest BCUT2D eigenvalue weighted by molar-refractivity contribution is -0.138. The highest BCUT2D eigenvalue weighted by Crippen LogP contribution is 2.66. The van der Waals surface area contributed by atoms with Gasteiger partial charge in [-0.25, -0.2) is 0 Å². The number of hydrogen-bond donors (Lipinski definition) is 1. The van der Waals surface area contributed by atoms with Crippen LogP contribution in [-0.2, 0) is 25.6 Å². The van der Waals surface area contributed by atoms with Crippen molar-refractivity contribution in [3.05, 3.63) is 59.2 Å². The second-order valence-electron chi connectivity index (χ2n) is 11.3. The third-order valence-electron chi connectivity index (χ3n) is 9.45. The number of halogens is 2. The molecule has 0 bridgehead atoms. The number of benzene rings is 2. The van der Waals surface area contributed by atoms with E-state index in [0.717, 1.165) is 16.9 Å². The zero-order valence-electron chi connectivity index (χ0n) is 23.5. The van der Waals surface area contributed by atoms with Crippen LogP contribution >= 0.6 is 23.2 Å². The lowest BCUT2D eigenvalue weighted by Gasteiger charge is -2.50. The predicted molar refractivity (Wildman–Crippen MR) is 155 cm³/mol. The maximum Gasteiger partial charge on any atom is 0.253 e. The molecular weight excluding hydrogens is 583 g/mol. The number of alkyl halides is 2. The molecular formula is C31H30Cl2N2O7. The first kappa shape index (κ1) is 28.6. The topological polar surface area (TPSA) is 113 Å². The number of carbonyl (C=O) groups excluding carboxylic acids is 4. The molecule has 4 aliphatic rings. The first-order valence-electron chi connectivity index (χ1n) is 13.8. The molecule has 9 nitrogen and oxygen atoms in total. The molecule has 0 unspecified atom stereocenters. The third kappa shape index (κ3) is 3.56. The Morgan fingerprint density at radius 1 is 0.952 bits per heavy atom. The molecule has 42 heavy (non-hydrogen) atoms. The minimum Gasteiger partial charge on any atom is -0.502 e. The summed E-state index contributed by atoms with van der Waals surface area (Å²) < 4.78 is 10.8. The Hall–Kier alpha value is -3.56. The Morgan fingerprint density at radius 3 is 2.14 bits per heavy atom.